The van der Waals surface area contributed by atoms with Gasteiger partial charge in [-0.05, 0) is 44.7 Å². The molecule has 2 rings (SSSR count). The van der Waals surface area contributed by atoms with Crippen molar-refractivity contribution in [2.24, 2.45) is 5.16 Å². The van der Waals surface area contributed by atoms with E-state index in [9.17, 15) is 0 Å². The van der Waals surface area contributed by atoms with Crippen LogP contribution in [0.15, 0.2) is 29.4 Å². The van der Waals surface area contributed by atoms with Crippen LogP contribution in [0.4, 0.5) is 0 Å². The average molecular weight is 219 g/mol. The molecule has 0 radical (unpaired) electrons. The summed E-state index contributed by atoms with van der Waals surface area (Å²) >= 11 is 0. The van der Waals surface area contributed by atoms with Crippen LogP contribution in [0, 0.1) is 0 Å². The van der Waals surface area contributed by atoms with Crippen LogP contribution in [0.25, 0.3) is 0 Å². The Morgan fingerprint density at radius 2 is 2.00 bits per heavy atom. The van der Waals surface area contributed by atoms with Crippen LogP contribution in [-0.4, -0.2) is 17.0 Å². The molecule has 1 aromatic rings. The first-order chi connectivity index (χ1) is 7.81. The predicted molar refractivity (Wildman–Crippen MR) is 63.3 cm³/mol. The molecule has 0 spiro atoms. The molecule has 1 fully saturated rings. The van der Waals surface area contributed by atoms with E-state index in [4.69, 9.17) is 9.94 Å². The van der Waals surface area contributed by atoms with Gasteiger partial charge >= 0.3 is 0 Å². The largest absolute Gasteiger partial charge is 0.490 e. The molecule has 0 amide bonds. The van der Waals surface area contributed by atoms with Crippen molar-refractivity contribution in [2.75, 3.05) is 0 Å². The van der Waals surface area contributed by atoms with E-state index in [0.29, 0.717) is 11.8 Å². The Bertz CT molecular complexity index is 381. The normalized spacial score (nSPS) is 17.7. The van der Waals surface area contributed by atoms with Gasteiger partial charge in [-0.1, -0.05) is 17.3 Å². The number of benzene rings is 1. The fraction of sp³-hybridized carbons (Fsp3) is 0.462. The summed E-state index contributed by atoms with van der Waals surface area (Å²) in [6.45, 7) is 1.77. The molecule has 86 valence electrons. The fourth-order valence-electron chi connectivity index (χ4n) is 2.11. The molecule has 1 saturated carbocycles. The van der Waals surface area contributed by atoms with Crippen LogP contribution >= 0.6 is 0 Å². The lowest BCUT2D eigenvalue weighted by Gasteiger charge is -2.15. The van der Waals surface area contributed by atoms with E-state index >= 15 is 0 Å². The quantitative estimate of drug-likeness (QED) is 0.482. The Hall–Kier alpha value is -1.51. The maximum Gasteiger partial charge on any atom is 0.128 e. The Balaban J connectivity index is 2.19. The van der Waals surface area contributed by atoms with Crippen molar-refractivity contribution in [2.45, 2.75) is 38.7 Å². The molecule has 3 nitrogen and oxygen atoms in total. The molecular weight excluding hydrogens is 202 g/mol. The van der Waals surface area contributed by atoms with Gasteiger partial charge in [0.1, 0.15) is 5.75 Å². The van der Waals surface area contributed by atoms with Gasteiger partial charge in [0.2, 0.25) is 0 Å². The van der Waals surface area contributed by atoms with Crippen molar-refractivity contribution in [3.63, 3.8) is 0 Å². The SMILES string of the molecule is C/C(=N\O)c1ccccc1OC1CCCC1. The number of ether oxygens (including phenoxy) is 1. The van der Waals surface area contributed by atoms with Gasteiger partial charge in [0.05, 0.1) is 11.8 Å². The molecule has 16 heavy (non-hydrogen) atoms. The monoisotopic (exact) mass is 219 g/mol. The van der Waals surface area contributed by atoms with E-state index < -0.39 is 0 Å². The molecule has 0 heterocycles. The van der Waals surface area contributed by atoms with Gasteiger partial charge in [0, 0.05) is 5.56 Å². The molecular formula is C13H17NO2. The first-order valence-electron chi connectivity index (χ1n) is 5.76. The molecule has 3 heteroatoms. The third kappa shape index (κ3) is 2.35. The van der Waals surface area contributed by atoms with Crippen molar-refractivity contribution in [1.29, 1.82) is 0 Å². The van der Waals surface area contributed by atoms with Crippen molar-refractivity contribution in [3.05, 3.63) is 29.8 Å². The standard InChI is InChI=1S/C13H17NO2/c1-10(14-15)12-8-4-5-9-13(12)16-11-6-2-3-7-11/h4-5,8-9,11,15H,2-3,6-7H2,1H3/b14-10+. The first kappa shape index (κ1) is 11.0. The third-order valence-electron chi connectivity index (χ3n) is 3.02. The lowest BCUT2D eigenvalue weighted by molar-refractivity contribution is 0.209. The fourth-order valence-corrected chi connectivity index (χ4v) is 2.11. The minimum atomic E-state index is 0.327. The van der Waals surface area contributed by atoms with Crippen molar-refractivity contribution in [1.82, 2.24) is 0 Å². The highest BCUT2D eigenvalue weighted by Crippen LogP contribution is 2.26. The van der Waals surface area contributed by atoms with Crippen LogP contribution in [0.2, 0.25) is 0 Å². The zero-order chi connectivity index (χ0) is 11.4. The molecule has 1 aromatic carbocycles. The predicted octanol–water partition coefficient (Wildman–Crippen LogP) is 3.21. The summed E-state index contributed by atoms with van der Waals surface area (Å²) in [7, 11) is 0. The molecule has 1 aliphatic carbocycles. The summed E-state index contributed by atoms with van der Waals surface area (Å²) in [4.78, 5) is 0. The van der Waals surface area contributed by atoms with E-state index in [1.807, 2.05) is 24.3 Å². The number of nitrogens with zero attached hydrogens (tertiary/aromatic N) is 1. The van der Waals surface area contributed by atoms with E-state index in [2.05, 4.69) is 5.16 Å². The zero-order valence-corrected chi connectivity index (χ0v) is 9.52. The topological polar surface area (TPSA) is 41.8 Å². The zero-order valence-electron chi connectivity index (χ0n) is 9.52. The van der Waals surface area contributed by atoms with Gasteiger partial charge in [0.25, 0.3) is 0 Å². The van der Waals surface area contributed by atoms with Crippen LogP contribution in [0.1, 0.15) is 38.2 Å². The summed E-state index contributed by atoms with van der Waals surface area (Å²) in [5.41, 5.74) is 1.46. The summed E-state index contributed by atoms with van der Waals surface area (Å²) in [6.07, 6.45) is 5.08. The molecule has 1 N–H and O–H groups in total. The first-order valence-corrected chi connectivity index (χ1v) is 5.76. The Morgan fingerprint density at radius 1 is 1.31 bits per heavy atom. The molecule has 0 unspecified atom stereocenters. The second kappa shape index (κ2) is 5.01. The molecule has 0 atom stereocenters. The summed E-state index contributed by atoms with van der Waals surface area (Å²) in [6, 6.07) is 7.71. The van der Waals surface area contributed by atoms with E-state index in [1.165, 1.54) is 12.8 Å². The van der Waals surface area contributed by atoms with Gasteiger partial charge in [-0.15, -0.1) is 0 Å². The smallest absolute Gasteiger partial charge is 0.128 e. The Morgan fingerprint density at radius 3 is 2.69 bits per heavy atom. The van der Waals surface area contributed by atoms with Gasteiger partial charge < -0.3 is 9.94 Å². The molecule has 0 bridgehead atoms. The highest BCUT2D eigenvalue weighted by Gasteiger charge is 2.18. The van der Waals surface area contributed by atoms with Crippen LogP contribution in [0.5, 0.6) is 5.75 Å². The number of hydrogen-bond donors (Lipinski definition) is 1. The Labute approximate surface area is 95.7 Å². The second-order valence-electron chi connectivity index (χ2n) is 4.21. The summed E-state index contributed by atoms with van der Waals surface area (Å²) < 4.78 is 5.94. The minimum absolute atomic E-state index is 0.327. The number of para-hydroxylation sites is 1. The van der Waals surface area contributed by atoms with E-state index in [-0.39, 0.29) is 0 Å². The lowest BCUT2D eigenvalue weighted by Crippen LogP contribution is -2.13. The Kier molecular flexibility index (Phi) is 3.44. The highest BCUT2D eigenvalue weighted by atomic mass is 16.5. The number of rotatable bonds is 3. The minimum Gasteiger partial charge on any atom is -0.490 e. The van der Waals surface area contributed by atoms with Crippen LogP contribution in [0.3, 0.4) is 0 Å². The number of oxime groups is 1. The van der Waals surface area contributed by atoms with Crippen molar-refractivity contribution in [3.8, 4) is 5.75 Å². The third-order valence-corrected chi connectivity index (χ3v) is 3.02. The summed E-state index contributed by atoms with van der Waals surface area (Å²) in [5.74, 6) is 0.824. The van der Waals surface area contributed by atoms with Gasteiger partial charge in [-0.2, -0.15) is 0 Å². The highest BCUT2D eigenvalue weighted by molar-refractivity contribution is 6.00. The molecule has 0 saturated heterocycles. The van der Waals surface area contributed by atoms with E-state index in [1.54, 1.807) is 6.92 Å². The maximum absolute atomic E-state index is 8.81. The molecule has 1 aliphatic rings. The van der Waals surface area contributed by atoms with Crippen LogP contribution < -0.4 is 4.74 Å². The average Bonchev–Trinajstić information content (AvgIpc) is 2.82. The van der Waals surface area contributed by atoms with Crippen molar-refractivity contribution >= 4 is 5.71 Å². The maximum atomic E-state index is 8.81. The second-order valence-corrected chi connectivity index (χ2v) is 4.21. The van der Waals surface area contributed by atoms with Gasteiger partial charge in [-0.25, -0.2) is 0 Å². The lowest BCUT2D eigenvalue weighted by atomic mass is 10.1. The van der Waals surface area contributed by atoms with Crippen molar-refractivity contribution < 1.29 is 9.94 Å². The van der Waals surface area contributed by atoms with Gasteiger partial charge in [-0.3, -0.25) is 0 Å². The van der Waals surface area contributed by atoms with Gasteiger partial charge in [0.15, 0.2) is 0 Å². The molecule has 0 aromatic heterocycles. The summed E-state index contributed by atoms with van der Waals surface area (Å²) in [5, 5.41) is 12.0. The van der Waals surface area contributed by atoms with E-state index in [0.717, 1.165) is 24.2 Å². The number of hydrogen-bond acceptors (Lipinski definition) is 3. The van der Waals surface area contributed by atoms with Crippen LogP contribution in [-0.2, 0) is 0 Å². The molecule has 0 aliphatic heterocycles.